The summed E-state index contributed by atoms with van der Waals surface area (Å²) in [5.41, 5.74) is 3.48. The van der Waals surface area contributed by atoms with Crippen molar-refractivity contribution in [2.45, 2.75) is 31.2 Å². The number of nitrogens with one attached hydrogen (secondary N) is 1. The molecule has 1 N–H and O–H groups in total. The normalized spacial score (nSPS) is 12.0. The number of aryl methyl sites for hydroxylation is 2. The fourth-order valence-electron chi connectivity index (χ4n) is 2.57. The number of thioether (sulfide) groups is 1. The number of para-hydroxylation sites is 1. The van der Waals surface area contributed by atoms with Crippen molar-refractivity contribution in [1.82, 2.24) is 20.2 Å². The molecule has 27 heavy (non-hydrogen) atoms. The molecule has 1 heterocycles. The largest absolute Gasteiger partial charge is 0.324 e. The van der Waals surface area contributed by atoms with E-state index in [2.05, 4.69) is 20.8 Å². The molecule has 3 aromatic rings. The van der Waals surface area contributed by atoms with Crippen molar-refractivity contribution in [3.05, 3.63) is 57.6 Å². The maximum Gasteiger partial charge on any atom is 0.237 e. The minimum atomic E-state index is -0.450. The summed E-state index contributed by atoms with van der Waals surface area (Å²) in [7, 11) is 0. The van der Waals surface area contributed by atoms with Gasteiger partial charge < -0.3 is 5.32 Å². The summed E-state index contributed by atoms with van der Waals surface area (Å²) >= 11 is 13.3. The molecule has 3 rings (SSSR count). The van der Waals surface area contributed by atoms with Crippen LogP contribution in [0.5, 0.6) is 0 Å². The fourth-order valence-corrected chi connectivity index (χ4v) is 3.70. The zero-order valence-corrected chi connectivity index (χ0v) is 17.2. The summed E-state index contributed by atoms with van der Waals surface area (Å²) < 4.78 is 1.66. The summed E-state index contributed by atoms with van der Waals surface area (Å²) in [4.78, 5) is 12.6. The first-order valence-corrected chi connectivity index (χ1v) is 9.78. The van der Waals surface area contributed by atoms with Crippen molar-refractivity contribution in [2.75, 3.05) is 5.32 Å². The predicted octanol–water partition coefficient (Wildman–Crippen LogP) is 4.71. The first kappa shape index (κ1) is 19.7. The smallest absolute Gasteiger partial charge is 0.237 e. The van der Waals surface area contributed by atoms with Crippen LogP contribution in [0.25, 0.3) is 5.69 Å². The van der Waals surface area contributed by atoms with Crippen molar-refractivity contribution in [3.63, 3.8) is 0 Å². The third-order valence-electron chi connectivity index (χ3n) is 3.93. The lowest BCUT2D eigenvalue weighted by molar-refractivity contribution is -0.115. The van der Waals surface area contributed by atoms with Crippen LogP contribution in [0.15, 0.2) is 41.6 Å². The lowest BCUT2D eigenvalue weighted by atomic mass is 10.1. The molecule has 0 aliphatic carbocycles. The van der Waals surface area contributed by atoms with Crippen molar-refractivity contribution in [3.8, 4) is 5.69 Å². The van der Waals surface area contributed by atoms with E-state index >= 15 is 0 Å². The third-order valence-corrected chi connectivity index (χ3v) is 5.53. The number of rotatable bonds is 5. The van der Waals surface area contributed by atoms with Gasteiger partial charge in [-0.15, -0.1) is 5.10 Å². The number of carbonyl (C=O) groups is 1. The van der Waals surface area contributed by atoms with Crippen molar-refractivity contribution >= 4 is 46.6 Å². The van der Waals surface area contributed by atoms with Crippen LogP contribution in [0.1, 0.15) is 18.1 Å². The highest BCUT2D eigenvalue weighted by atomic mass is 35.5. The van der Waals surface area contributed by atoms with E-state index < -0.39 is 5.25 Å². The van der Waals surface area contributed by atoms with Gasteiger partial charge in [-0.2, -0.15) is 4.68 Å². The van der Waals surface area contributed by atoms with E-state index in [4.69, 9.17) is 23.2 Å². The Morgan fingerprint density at radius 3 is 2.59 bits per heavy atom. The SMILES string of the molecule is Cc1cccc(C)c1-n1nnnc1SC(C)C(=O)Nc1cc(Cl)ccc1Cl. The Balaban J connectivity index is 1.79. The lowest BCUT2D eigenvalue weighted by Crippen LogP contribution is -2.23. The number of aromatic nitrogens is 4. The molecule has 9 heteroatoms. The molecule has 0 aliphatic heterocycles. The first-order chi connectivity index (χ1) is 12.9. The van der Waals surface area contributed by atoms with Crippen LogP contribution in [0.3, 0.4) is 0 Å². The Morgan fingerprint density at radius 1 is 1.19 bits per heavy atom. The van der Waals surface area contributed by atoms with E-state index in [1.54, 1.807) is 29.8 Å². The molecular weight excluding hydrogens is 405 g/mol. The molecule has 1 aromatic heterocycles. The Hall–Kier alpha value is -2.09. The standard InChI is InChI=1S/C18H17Cl2N5OS/c1-10-5-4-6-11(2)16(10)25-18(22-23-24-25)27-12(3)17(26)21-15-9-13(19)7-8-14(15)20/h4-9,12H,1-3H3,(H,21,26). The van der Waals surface area contributed by atoms with Crippen LogP contribution in [-0.2, 0) is 4.79 Å². The molecule has 2 aromatic carbocycles. The number of carbonyl (C=O) groups excluding carboxylic acids is 1. The molecule has 0 spiro atoms. The summed E-state index contributed by atoms with van der Waals surface area (Å²) in [6.07, 6.45) is 0. The van der Waals surface area contributed by atoms with Crippen LogP contribution < -0.4 is 5.32 Å². The van der Waals surface area contributed by atoms with E-state index in [0.29, 0.717) is 20.9 Å². The van der Waals surface area contributed by atoms with Crippen LogP contribution in [-0.4, -0.2) is 31.4 Å². The van der Waals surface area contributed by atoms with Gasteiger partial charge in [-0.3, -0.25) is 4.79 Å². The number of hydrogen-bond donors (Lipinski definition) is 1. The van der Waals surface area contributed by atoms with Gasteiger partial charge >= 0.3 is 0 Å². The van der Waals surface area contributed by atoms with E-state index in [-0.39, 0.29) is 5.91 Å². The third kappa shape index (κ3) is 4.43. The number of benzene rings is 2. The van der Waals surface area contributed by atoms with Gasteiger partial charge in [-0.1, -0.05) is 53.2 Å². The maximum atomic E-state index is 12.6. The number of amides is 1. The van der Waals surface area contributed by atoms with E-state index in [1.165, 1.54) is 11.8 Å². The molecule has 1 unspecified atom stereocenters. The lowest BCUT2D eigenvalue weighted by Gasteiger charge is -2.14. The highest BCUT2D eigenvalue weighted by Crippen LogP contribution is 2.29. The number of tetrazole rings is 1. The minimum Gasteiger partial charge on any atom is -0.324 e. The monoisotopic (exact) mass is 421 g/mol. The van der Waals surface area contributed by atoms with Gasteiger partial charge in [0.15, 0.2) is 0 Å². The van der Waals surface area contributed by atoms with E-state index in [1.807, 2.05) is 32.0 Å². The molecule has 1 amide bonds. The molecule has 1 atom stereocenters. The Bertz CT molecular complexity index is 971. The average molecular weight is 422 g/mol. The van der Waals surface area contributed by atoms with Crippen molar-refractivity contribution < 1.29 is 4.79 Å². The molecule has 0 bridgehead atoms. The topological polar surface area (TPSA) is 72.7 Å². The second kappa shape index (κ2) is 8.29. The molecule has 0 aliphatic rings. The summed E-state index contributed by atoms with van der Waals surface area (Å²) in [5.74, 6) is -0.222. The summed E-state index contributed by atoms with van der Waals surface area (Å²) in [6.45, 7) is 5.77. The van der Waals surface area contributed by atoms with Crippen LogP contribution >= 0.6 is 35.0 Å². The molecule has 6 nitrogen and oxygen atoms in total. The Labute approximate surface area is 171 Å². The molecule has 0 saturated heterocycles. The number of halogens is 2. The van der Waals surface area contributed by atoms with Gasteiger partial charge in [-0.05, 0) is 60.5 Å². The average Bonchev–Trinajstić information content (AvgIpc) is 3.05. The Morgan fingerprint density at radius 2 is 1.89 bits per heavy atom. The summed E-state index contributed by atoms with van der Waals surface area (Å²) in [6, 6.07) is 10.9. The zero-order valence-electron chi connectivity index (χ0n) is 14.9. The van der Waals surface area contributed by atoms with Gasteiger partial charge in [0.1, 0.15) is 0 Å². The minimum absolute atomic E-state index is 0.222. The summed E-state index contributed by atoms with van der Waals surface area (Å²) in [5, 5.41) is 15.7. The van der Waals surface area contributed by atoms with Gasteiger partial charge in [0.2, 0.25) is 11.1 Å². The second-order valence-corrected chi connectivity index (χ2v) is 8.14. The van der Waals surface area contributed by atoms with Gasteiger partial charge in [0.25, 0.3) is 0 Å². The molecule has 0 fully saturated rings. The zero-order chi connectivity index (χ0) is 19.6. The molecule has 0 radical (unpaired) electrons. The van der Waals surface area contributed by atoms with Crippen LogP contribution in [0.2, 0.25) is 10.0 Å². The fraction of sp³-hybridized carbons (Fsp3) is 0.222. The first-order valence-electron chi connectivity index (χ1n) is 8.14. The van der Waals surface area contributed by atoms with Gasteiger partial charge in [0, 0.05) is 5.02 Å². The van der Waals surface area contributed by atoms with E-state index in [9.17, 15) is 4.79 Å². The number of anilines is 1. The van der Waals surface area contributed by atoms with Crippen molar-refractivity contribution in [1.29, 1.82) is 0 Å². The highest BCUT2D eigenvalue weighted by molar-refractivity contribution is 8.00. The predicted molar refractivity (Wildman–Crippen MR) is 109 cm³/mol. The molecular formula is C18H17Cl2N5OS. The quantitative estimate of drug-likeness (QED) is 0.604. The van der Waals surface area contributed by atoms with Gasteiger partial charge in [-0.25, -0.2) is 0 Å². The maximum absolute atomic E-state index is 12.6. The highest BCUT2D eigenvalue weighted by Gasteiger charge is 2.21. The molecule has 140 valence electrons. The van der Waals surface area contributed by atoms with Gasteiger partial charge in [0.05, 0.1) is 21.6 Å². The van der Waals surface area contributed by atoms with Crippen LogP contribution in [0.4, 0.5) is 5.69 Å². The molecule has 0 saturated carbocycles. The Kier molecular flexibility index (Phi) is 6.04. The number of nitrogens with zero attached hydrogens (tertiary/aromatic N) is 4. The van der Waals surface area contributed by atoms with E-state index in [0.717, 1.165) is 16.8 Å². The van der Waals surface area contributed by atoms with Crippen molar-refractivity contribution in [2.24, 2.45) is 0 Å². The second-order valence-electron chi connectivity index (χ2n) is 5.99. The van der Waals surface area contributed by atoms with Crippen LogP contribution in [0, 0.1) is 13.8 Å². The number of hydrogen-bond acceptors (Lipinski definition) is 5.